The summed E-state index contributed by atoms with van der Waals surface area (Å²) in [6.07, 6.45) is 8.91. The van der Waals surface area contributed by atoms with E-state index in [1.165, 1.54) is 37.1 Å². The second-order valence-corrected chi connectivity index (χ2v) is 7.71. The summed E-state index contributed by atoms with van der Waals surface area (Å²) in [5.41, 5.74) is 1.52. The topological polar surface area (TPSA) is 94.3 Å². The molecule has 7 nitrogen and oxygen atoms in total. The van der Waals surface area contributed by atoms with E-state index in [-0.39, 0.29) is 17.6 Å². The summed E-state index contributed by atoms with van der Waals surface area (Å²) in [4.78, 5) is 23.5. The van der Waals surface area contributed by atoms with E-state index in [0.717, 1.165) is 18.4 Å². The fraction of sp³-hybridized carbons (Fsp3) is 0.429. The van der Waals surface area contributed by atoms with Crippen molar-refractivity contribution in [1.82, 2.24) is 10.2 Å². The molecule has 3 rings (SSSR count). The van der Waals surface area contributed by atoms with E-state index in [4.69, 9.17) is 9.15 Å². The number of hydrogen-bond donors (Lipinski definition) is 1. The Kier molecular flexibility index (Phi) is 7.86. The van der Waals surface area contributed by atoms with Crippen molar-refractivity contribution < 1.29 is 18.7 Å². The number of thioether (sulfide) groups is 1. The Morgan fingerprint density at radius 2 is 1.97 bits per heavy atom. The molecule has 8 heteroatoms. The van der Waals surface area contributed by atoms with E-state index in [0.29, 0.717) is 29.3 Å². The van der Waals surface area contributed by atoms with Crippen LogP contribution in [0.15, 0.2) is 40.0 Å². The molecule has 0 unspecified atom stereocenters. The monoisotopic (exact) mass is 415 g/mol. The molecule has 0 aliphatic heterocycles. The number of anilines is 1. The standard InChI is InChI=1S/C21H25N3O4S/c1-2-27-19(26)13-10-15-8-11-17(12-9-15)22-18(25)14-29-21-24-23-20(28-21)16-6-4-3-5-7-16/h8-13,16H,2-7,14H2,1H3,(H,22,25)/b13-10+. The summed E-state index contributed by atoms with van der Waals surface area (Å²) in [5.74, 6) is 0.711. The highest BCUT2D eigenvalue weighted by molar-refractivity contribution is 7.99. The van der Waals surface area contributed by atoms with Crippen molar-refractivity contribution in [3.05, 3.63) is 41.8 Å². The van der Waals surface area contributed by atoms with Gasteiger partial charge in [-0.25, -0.2) is 4.79 Å². The Labute approximate surface area is 174 Å². The lowest BCUT2D eigenvalue weighted by Crippen LogP contribution is -2.13. The van der Waals surface area contributed by atoms with Crippen molar-refractivity contribution in [2.45, 2.75) is 50.2 Å². The van der Waals surface area contributed by atoms with E-state index >= 15 is 0 Å². The number of nitrogens with zero attached hydrogens (tertiary/aromatic N) is 2. The molecule has 29 heavy (non-hydrogen) atoms. The van der Waals surface area contributed by atoms with Gasteiger partial charge in [-0.2, -0.15) is 0 Å². The van der Waals surface area contributed by atoms with Crippen LogP contribution in [-0.2, 0) is 14.3 Å². The fourth-order valence-electron chi connectivity index (χ4n) is 3.15. The van der Waals surface area contributed by atoms with Crippen molar-refractivity contribution in [1.29, 1.82) is 0 Å². The number of hydrogen-bond acceptors (Lipinski definition) is 7. The molecular weight excluding hydrogens is 390 g/mol. The third-order valence-corrected chi connectivity index (χ3v) is 5.41. The minimum absolute atomic E-state index is 0.151. The maximum absolute atomic E-state index is 12.2. The van der Waals surface area contributed by atoms with Gasteiger partial charge >= 0.3 is 5.97 Å². The molecule has 1 fully saturated rings. The molecule has 1 aromatic carbocycles. The van der Waals surface area contributed by atoms with E-state index in [1.807, 2.05) is 12.1 Å². The molecule has 0 bridgehead atoms. The lowest BCUT2D eigenvalue weighted by atomic mass is 9.89. The summed E-state index contributed by atoms with van der Waals surface area (Å²) in [7, 11) is 0. The van der Waals surface area contributed by atoms with Crippen LogP contribution in [0.25, 0.3) is 6.08 Å². The van der Waals surface area contributed by atoms with Gasteiger partial charge in [-0.05, 0) is 43.5 Å². The van der Waals surface area contributed by atoms with Crippen LogP contribution < -0.4 is 5.32 Å². The molecule has 0 radical (unpaired) electrons. The zero-order valence-electron chi connectivity index (χ0n) is 16.4. The molecule has 1 aliphatic carbocycles. The molecule has 154 valence electrons. The van der Waals surface area contributed by atoms with Gasteiger partial charge in [-0.3, -0.25) is 4.79 Å². The maximum Gasteiger partial charge on any atom is 0.330 e. The number of ether oxygens (including phenoxy) is 1. The molecule has 0 saturated heterocycles. The number of nitrogens with one attached hydrogen (secondary N) is 1. The van der Waals surface area contributed by atoms with E-state index < -0.39 is 0 Å². The van der Waals surface area contributed by atoms with Crippen LogP contribution >= 0.6 is 11.8 Å². The first-order valence-corrected chi connectivity index (χ1v) is 10.8. The largest absolute Gasteiger partial charge is 0.463 e. The SMILES string of the molecule is CCOC(=O)/C=C/c1ccc(NC(=O)CSc2nnc(C3CCCCC3)o2)cc1. The lowest BCUT2D eigenvalue weighted by Gasteiger charge is -2.17. The van der Waals surface area contributed by atoms with Gasteiger partial charge in [0.25, 0.3) is 5.22 Å². The molecule has 1 saturated carbocycles. The Morgan fingerprint density at radius 1 is 1.21 bits per heavy atom. The third-order valence-electron chi connectivity index (χ3n) is 4.60. The summed E-state index contributed by atoms with van der Waals surface area (Å²) in [6.45, 7) is 2.10. The first-order chi connectivity index (χ1) is 14.1. The Balaban J connectivity index is 1.44. The molecule has 2 aromatic rings. The molecular formula is C21H25N3O4S. The highest BCUT2D eigenvalue weighted by Crippen LogP contribution is 2.32. The lowest BCUT2D eigenvalue weighted by molar-refractivity contribution is -0.137. The number of carbonyl (C=O) groups excluding carboxylic acids is 2. The molecule has 1 aromatic heterocycles. The number of rotatable bonds is 8. The first kappa shape index (κ1) is 21.1. The predicted molar refractivity (Wildman–Crippen MR) is 112 cm³/mol. The van der Waals surface area contributed by atoms with Crippen LogP contribution in [0, 0.1) is 0 Å². The van der Waals surface area contributed by atoms with Crippen LogP contribution in [0.5, 0.6) is 0 Å². The number of amides is 1. The third kappa shape index (κ3) is 6.74. The van der Waals surface area contributed by atoms with Gasteiger partial charge in [0.05, 0.1) is 12.4 Å². The normalized spacial score (nSPS) is 14.8. The van der Waals surface area contributed by atoms with Gasteiger partial charge in [0.1, 0.15) is 0 Å². The van der Waals surface area contributed by atoms with Gasteiger partial charge in [0, 0.05) is 17.7 Å². The van der Waals surface area contributed by atoms with Crippen molar-refractivity contribution >= 4 is 35.4 Å². The second kappa shape index (κ2) is 10.8. The predicted octanol–water partition coefficient (Wildman–Crippen LogP) is 4.42. The summed E-state index contributed by atoms with van der Waals surface area (Å²) in [6, 6.07) is 7.18. The van der Waals surface area contributed by atoms with Crippen molar-refractivity contribution in [2.75, 3.05) is 17.7 Å². The number of carbonyl (C=O) groups is 2. The van der Waals surface area contributed by atoms with Gasteiger partial charge in [0.15, 0.2) is 0 Å². The Hall–Kier alpha value is -2.61. The molecule has 1 aliphatic rings. The second-order valence-electron chi connectivity index (χ2n) is 6.79. The number of aromatic nitrogens is 2. The molecule has 1 N–H and O–H groups in total. The minimum Gasteiger partial charge on any atom is -0.463 e. The van der Waals surface area contributed by atoms with Gasteiger partial charge in [0.2, 0.25) is 11.8 Å². The zero-order chi connectivity index (χ0) is 20.5. The van der Waals surface area contributed by atoms with Crippen LogP contribution in [0.3, 0.4) is 0 Å². The van der Waals surface area contributed by atoms with Crippen LogP contribution in [0.2, 0.25) is 0 Å². The van der Waals surface area contributed by atoms with Gasteiger partial charge in [-0.1, -0.05) is 43.2 Å². The smallest absolute Gasteiger partial charge is 0.330 e. The van der Waals surface area contributed by atoms with Crippen LogP contribution in [0.1, 0.15) is 56.4 Å². The average molecular weight is 416 g/mol. The van der Waals surface area contributed by atoms with E-state index in [9.17, 15) is 9.59 Å². The van der Waals surface area contributed by atoms with Gasteiger partial charge < -0.3 is 14.5 Å². The summed E-state index contributed by atoms with van der Waals surface area (Å²) >= 11 is 1.24. The summed E-state index contributed by atoms with van der Waals surface area (Å²) in [5, 5.41) is 11.5. The van der Waals surface area contributed by atoms with Crippen LogP contribution in [-0.4, -0.2) is 34.4 Å². The van der Waals surface area contributed by atoms with E-state index in [2.05, 4.69) is 15.5 Å². The highest BCUT2D eigenvalue weighted by Gasteiger charge is 2.21. The van der Waals surface area contributed by atoms with E-state index in [1.54, 1.807) is 25.1 Å². The minimum atomic E-state index is -0.380. The molecule has 0 spiro atoms. The molecule has 1 heterocycles. The number of esters is 1. The Bertz CT molecular complexity index is 842. The highest BCUT2D eigenvalue weighted by atomic mass is 32.2. The Morgan fingerprint density at radius 3 is 2.69 bits per heavy atom. The van der Waals surface area contributed by atoms with Crippen molar-refractivity contribution in [3.8, 4) is 0 Å². The first-order valence-electron chi connectivity index (χ1n) is 9.85. The van der Waals surface area contributed by atoms with Crippen molar-refractivity contribution in [2.24, 2.45) is 0 Å². The summed E-state index contributed by atoms with van der Waals surface area (Å²) < 4.78 is 10.6. The maximum atomic E-state index is 12.2. The zero-order valence-corrected chi connectivity index (χ0v) is 17.2. The fourth-order valence-corrected chi connectivity index (χ4v) is 3.72. The van der Waals surface area contributed by atoms with Crippen molar-refractivity contribution in [3.63, 3.8) is 0 Å². The average Bonchev–Trinajstić information content (AvgIpc) is 3.22. The molecule has 0 atom stereocenters. The number of benzene rings is 1. The van der Waals surface area contributed by atoms with Crippen LogP contribution in [0.4, 0.5) is 5.69 Å². The quantitative estimate of drug-likeness (QED) is 0.387. The molecule has 1 amide bonds. The van der Waals surface area contributed by atoms with Gasteiger partial charge in [-0.15, -0.1) is 10.2 Å².